The van der Waals surface area contributed by atoms with Crippen molar-refractivity contribution in [2.24, 2.45) is 0 Å². The van der Waals surface area contributed by atoms with E-state index in [-0.39, 0.29) is 11.8 Å². The standard InChI is InChI=1S/C6H13NO.C6H6/c1-5(6(2)8)7(3)4;1-2-4-6-5-3-1/h5H,1-4H3;1-6H. The van der Waals surface area contributed by atoms with Crippen LogP contribution in [0, 0.1) is 0 Å². The molecule has 0 aliphatic heterocycles. The van der Waals surface area contributed by atoms with Gasteiger partial charge in [0, 0.05) is 0 Å². The van der Waals surface area contributed by atoms with E-state index in [2.05, 4.69) is 0 Å². The van der Waals surface area contributed by atoms with Crippen LogP contribution in [0.25, 0.3) is 0 Å². The Hall–Kier alpha value is -1.15. The topological polar surface area (TPSA) is 20.3 Å². The highest BCUT2D eigenvalue weighted by molar-refractivity contribution is 5.80. The zero-order valence-corrected chi connectivity index (χ0v) is 9.40. The largest absolute Gasteiger partial charge is 0.300 e. The van der Waals surface area contributed by atoms with Crippen LogP contribution in [-0.2, 0) is 4.79 Å². The second-order valence-corrected chi connectivity index (χ2v) is 3.40. The van der Waals surface area contributed by atoms with Gasteiger partial charge in [0.25, 0.3) is 0 Å². The normalized spacial score (nSPS) is 11.5. The molecule has 1 unspecified atom stereocenters. The molecule has 0 N–H and O–H groups in total. The Morgan fingerprint density at radius 1 is 1.00 bits per heavy atom. The van der Waals surface area contributed by atoms with E-state index in [4.69, 9.17) is 0 Å². The molecular formula is C12H19NO. The molecule has 0 spiro atoms. The van der Waals surface area contributed by atoms with Gasteiger partial charge in [0.1, 0.15) is 5.78 Å². The summed E-state index contributed by atoms with van der Waals surface area (Å²) in [4.78, 5) is 12.4. The summed E-state index contributed by atoms with van der Waals surface area (Å²) in [6.07, 6.45) is 0. The lowest BCUT2D eigenvalue weighted by atomic mass is 10.2. The highest BCUT2D eigenvalue weighted by atomic mass is 16.1. The third-order valence-electron chi connectivity index (χ3n) is 2.03. The maximum absolute atomic E-state index is 10.5. The number of benzene rings is 1. The molecule has 0 heterocycles. The monoisotopic (exact) mass is 193 g/mol. The number of rotatable bonds is 2. The van der Waals surface area contributed by atoms with Gasteiger partial charge in [0.15, 0.2) is 0 Å². The molecule has 0 aromatic heterocycles. The van der Waals surface area contributed by atoms with E-state index < -0.39 is 0 Å². The van der Waals surface area contributed by atoms with Crippen LogP contribution >= 0.6 is 0 Å². The first-order chi connectivity index (χ1) is 6.55. The van der Waals surface area contributed by atoms with Gasteiger partial charge in [-0.25, -0.2) is 0 Å². The number of ketones is 1. The molecule has 0 saturated heterocycles. The SMILES string of the molecule is CC(=O)C(C)N(C)C.c1ccccc1. The maximum Gasteiger partial charge on any atom is 0.146 e. The van der Waals surface area contributed by atoms with Gasteiger partial charge in [-0.05, 0) is 27.9 Å². The van der Waals surface area contributed by atoms with E-state index >= 15 is 0 Å². The van der Waals surface area contributed by atoms with Gasteiger partial charge in [-0.15, -0.1) is 0 Å². The van der Waals surface area contributed by atoms with E-state index in [0.29, 0.717) is 0 Å². The third kappa shape index (κ3) is 6.38. The van der Waals surface area contributed by atoms with Crippen molar-refractivity contribution >= 4 is 5.78 Å². The summed E-state index contributed by atoms with van der Waals surface area (Å²) in [5.74, 6) is 0.218. The van der Waals surface area contributed by atoms with Crippen LogP contribution in [0.15, 0.2) is 36.4 Å². The number of carbonyl (C=O) groups excluding carboxylic acids is 1. The predicted molar refractivity (Wildman–Crippen MR) is 60.3 cm³/mol. The van der Waals surface area contributed by atoms with Crippen molar-refractivity contribution in [1.82, 2.24) is 4.90 Å². The molecule has 0 aliphatic rings. The van der Waals surface area contributed by atoms with Crippen LogP contribution < -0.4 is 0 Å². The number of Topliss-reactive ketones (excluding diaryl/α,β-unsaturated/α-hetero) is 1. The van der Waals surface area contributed by atoms with Crippen LogP contribution in [0.5, 0.6) is 0 Å². The number of likely N-dealkylation sites (N-methyl/N-ethyl adjacent to an activating group) is 1. The van der Waals surface area contributed by atoms with Crippen LogP contribution in [0.2, 0.25) is 0 Å². The lowest BCUT2D eigenvalue weighted by Crippen LogP contribution is -2.30. The zero-order valence-electron chi connectivity index (χ0n) is 9.40. The second kappa shape index (κ2) is 7.27. The molecular weight excluding hydrogens is 174 g/mol. The minimum absolute atomic E-state index is 0.0648. The summed E-state index contributed by atoms with van der Waals surface area (Å²) in [6.45, 7) is 3.49. The van der Waals surface area contributed by atoms with E-state index in [1.54, 1.807) is 6.92 Å². The minimum atomic E-state index is 0.0648. The fraction of sp³-hybridized carbons (Fsp3) is 0.417. The summed E-state index contributed by atoms with van der Waals surface area (Å²) in [6, 6.07) is 12.1. The summed E-state index contributed by atoms with van der Waals surface area (Å²) in [5.41, 5.74) is 0. The Bertz CT molecular complexity index is 217. The minimum Gasteiger partial charge on any atom is -0.300 e. The fourth-order valence-electron chi connectivity index (χ4n) is 0.749. The third-order valence-corrected chi connectivity index (χ3v) is 2.03. The van der Waals surface area contributed by atoms with Crippen LogP contribution in [0.1, 0.15) is 13.8 Å². The van der Waals surface area contributed by atoms with Gasteiger partial charge in [0.2, 0.25) is 0 Å². The highest BCUT2D eigenvalue weighted by Crippen LogP contribution is 1.90. The summed E-state index contributed by atoms with van der Waals surface area (Å²) in [7, 11) is 3.79. The molecule has 14 heavy (non-hydrogen) atoms. The average molecular weight is 193 g/mol. The number of hydrogen-bond donors (Lipinski definition) is 0. The van der Waals surface area contributed by atoms with Crippen molar-refractivity contribution in [2.45, 2.75) is 19.9 Å². The molecule has 0 bridgehead atoms. The molecule has 0 aliphatic carbocycles. The van der Waals surface area contributed by atoms with Gasteiger partial charge in [-0.1, -0.05) is 36.4 Å². The lowest BCUT2D eigenvalue weighted by Gasteiger charge is -2.15. The van der Waals surface area contributed by atoms with Gasteiger partial charge in [0.05, 0.1) is 6.04 Å². The number of nitrogens with zero attached hydrogens (tertiary/aromatic N) is 1. The molecule has 1 aromatic rings. The molecule has 1 rings (SSSR count). The number of carbonyl (C=O) groups is 1. The molecule has 0 fully saturated rings. The van der Waals surface area contributed by atoms with E-state index in [0.717, 1.165) is 0 Å². The van der Waals surface area contributed by atoms with Crippen molar-refractivity contribution in [3.8, 4) is 0 Å². The van der Waals surface area contributed by atoms with Crippen LogP contribution in [-0.4, -0.2) is 30.8 Å². The summed E-state index contributed by atoms with van der Waals surface area (Å²) >= 11 is 0. The Morgan fingerprint density at radius 2 is 1.29 bits per heavy atom. The molecule has 0 saturated carbocycles. The number of hydrogen-bond acceptors (Lipinski definition) is 2. The average Bonchev–Trinajstić information content (AvgIpc) is 2.20. The second-order valence-electron chi connectivity index (χ2n) is 3.40. The Labute approximate surface area is 86.5 Å². The summed E-state index contributed by atoms with van der Waals surface area (Å²) < 4.78 is 0. The van der Waals surface area contributed by atoms with Crippen molar-refractivity contribution in [3.63, 3.8) is 0 Å². The van der Waals surface area contributed by atoms with Crippen LogP contribution in [0.3, 0.4) is 0 Å². The van der Waals surface area contributed by atoms with Gasteiger partial charge in [-0.2, -0.15) is 0 Å². The Balaban J connectivity index is 0.000000249. The molecule has 2 heteroatoms. The summed E-state index contributed by atoms with van der Waals surface area (Å²) in [5, 5.41) is 0. The molecule has 1 aromatic carbocycles. The first kappa shape index (κ1) is 12.8. The smallest absolute Gasteiger partial charge is 0.146 e. The van der Waals surface area contributed by atoms with E-state index in [1.807, 2.05) is 62.3 Å². The maximum atomic E-state index is 10.5. The van der Waals surface area contributed by atoms with Gasteiger partial charge < -0.3 is 0 Å². The zero-order chi connectivity index (χ0) is 11.0. The fourth-order valence-corrected chi connectivity index (χ4v) is 0.749. The van der Waals surface area contributed by atoms with Gasteiger partial charge in [-0.3, -0.25) is 9.69 Å². The molecule has 1 atom stereocenters. The van der Waals surface area contributed by atoms with Crippen LogP contribution in [0.4, 0.5) is 0 Å². The predicted octanol–water partition coefficient (Wildman–Crippen LogP) is 2.21. The molecule has 0 amide bonds. The molecule has 0 radical (unpaired) electrons. The van der Waals surface area contributed by atoms with Crippen molar-refractivity contribution < 1.29 is 4.79 Å². The van der Waals surface area contributed by atoms with Gasteiger partial charge >= 0.3 is 0 Å². The van der Waals surface area contributed by atoms with Crippen molar-refractivity contribution in [3.05, 3.63) is 36.4 Å². The Morgan fingerprint density at radius 3 is 1.36 bits per heavy atom. The first-order valence-corrected chi connectivity index (χ1v) is 4.72. The van der Waals surface area contributed by atoms with Crippen molar-refractivity contribution in [2.75, 3.05) is 14.1 Å². The quantitative estimate of drug-likeness (QED) is 0.717. The van der Waals surface area contributed by atoms with E-state index in [9.17, 15) is 4.79 Å². The van der Waals surface area contributed by atoms with Crippen molar-refractivity contribution in [1.29, 1.82) is 0 Å². The molecule has 78 valence electrons. The lowest BCUT2D eigenvalue weighted by molar-refractivity contribution is -0.120. The molecule has 2 nitrogen and oxygen atoms in total. The Kier molecular flexibility index (Phi) is 6.68. The first-order valence-electron chi connectivity index (χ1n) is 4.72. The van der Waals surface area contributed by atoms with E-state index in [1.165, 1.54) is 0 Å². The highest BCUT2D eigenvalue weighted by Gasteiger charge is 2.07.